The minimum Gasteiger partial charge on any atom is -0.489 e. The fraction of sp³-hybridized carbons (Fsp3) is 0.167. The quantitative estimate of drug-likeness (QED) is 0.364. The Kier molecular flexibility index (Phi) is 6.32. The third kappa shape index (κ3) is 5.32. The summed E-state index contributed by atoms with van der Waals surface area (Å²) in [6.07, 6.45) is 3.25. The van der Waals surface area contributed by atoms with Gasteiger partial charge in [-0.1, -0.05) is 24.3 Å². The number of aromatic nitrogens is 2. The molecule has 170 valence electrons. The van der Waals surface area contributed by atoms with Gasteiger partial charge >= 0.3 is 0 Å². The van der Waals surface area contributed by atoms with Crippen molar-refractivity contribution in [2.75, 3.05) is 4.72 Å². The molecule has 33 heavy (non-hydrogen) atoms. The van der Waals surface area contributed by atoms with Crippen LogP contribution in [0.1, 0.15) is 29.9 Å². The van der Waals surface area contributed by atoms with Crippen LogP contribution in [0.5, 0.6) is 5.75 Å². The molecule has 0 bridgehead atoms. The summed E-state index contributed by atoms with van der Waals surface area (Å²) in [7, 11) is -3.81. The lowest BCUT2D eigenvalue weighted by Crippen LogP contribution is -2.23. The molecule has 2 aromatic carbocycles. The van der Waals surface area contributed by atoms with E-state index >= 15 is 0 Å². The summed E-state index contributed by atoms with van der Waals surface area (Å²) in [6.45, 7) is 4.00. The first kappa shape index (κ1) is 22.3. The van der Waals surface area contributed by atoms with Gasteiger partial charge in [-0.25, -0.2) is 8.42 Å². The van der Waals surface area contributed by atoms with Crippen molar-refractivity contribution < 1.29 is 17.9 Å². The van der Waals surface area contributed by atoms with Crippen molar-refractivity contribution in [2.24, 2.45) is 0 Å². The van der Waals surface area contributed by atoms with E-state index in [9.17, 15) is 13.2 Å². The number of hydrogen-bond acceptors (Lipinski definition) is 5. The number of fused-ring (bicyclic) bond motifs is 1. The Hall–Kier alpha value is -3.85. The van der Waals surface area contributed by atoms with Crippen molar-refractivity contribution in [2.45, 2.75) is 31.4 Å². The predicted octanol–water partition coefficient (Wildman–Crippen LogP) is 4.08. The lowest BCUT2D eigenvalue weighted by molar-refractivity contribution is 0.0946. The number of nitrogens with zero attached hydrogens (tertiary/aromatic N) is 1. The van der Waals surface area contributed by atoms with Gasteiger partial charge < -0.3 is 15.0 Å². The number of nitrogens with one attached hydrogen (secondary N) is 3. The highest BCUT2D eigenvalue weighted by Gasteiger charge is 2.17. The van der Waals surface area contributed by atoms with Crippen LogP contribution in [0, 0.1) is 0 Å². The van der Waals surface area contributed by atoms with Gasteiger partial charge in [0, 0.05) is 29.8 Å². The second kappa shape index (κ2) is 9.33. The summed E-state index contributed by atoms with van der Waals surface area (Å²) in [5, 5.41) is 3.68. The molecule has 0 aliphatic carbocycles. The largest absolute Gasteiger partial charge is 0.489 e. The molecule has 1 amide bonds. The highest BCUT2D eigenvalue weighted by molar-refractivity contribution is 7.92. The molecule has 3 N–H and O–H groups in total. The van der Waals surface area contributed by atoms with E-state index in [2.05, 4.69) is 20.0 Å². The van der Waals surface area contributed by atoms with Crippen LogP contribution in [0.2, 0.25) is 0 Å². The molecule has 0 fully saturated rings. The summed E-state index contributed by atoms with van der Waals surface area (Å²) in [5.74, 6) is 0.203. The first-order valence-corrected chi connectivity index (χ1v) is 11.9. The summed E-state index contributed by atoms with van der Waals surface area (Å²) in [5.41, 5.74) is 2.40. The highest BCUT2D eigenvalue weighted by Crippen LogP contribution is 2.27. The zero-order valence-electron chi connectivity index (χ0n) is 18.2. The van der Waals surface area contributed by atoms with Crippen LogP contribution in [0.4, 0.5) is 5.69 Å². The maximum Gasteiger partial charge on any atom is 0.267 e. The van der Waals surface area contributed by atoms with Crippen molar-refractivity contribution >= 4 is 32.5 Å². The third-order valence-corrected chi connectivity index (χ3v) is 6.23. The van der Waals surface area contributed by atoms with Gasteiger partial charge in [0.1, 0.15) is 11.4 Å². The van der Waals surface area contributed by atoms with Crippen LogP contribution < -0.4 is 14.8 Å². The molecule has 0 saturated carbocycles. The smallest absolute Gasteiger partial charge is 0.267 e. The van der Waals surface area contributed by atoms with Crippen LogP contribution in [-0.4, -0.2) is 30.4 Å². The summed E-state index contributed by atoms with van der Waals surface area (Å²) < 4.78 is 33.9. The van der Waals surface area contributed by atoms with E-state index < -0.39 is 10.0 Å². The maximum absolute atomic E-state index is 12.8. The molecular weight excluding hydrogens is 440 g/mol. The fourth-order valence-corrected chi connectivity index (χ4v) is 4.34. The summed E-state index contributed by atoms with van der Waals surface area (Å²) in [6, 6.07) is 16.8. The Morgan fingerprint density at radius 2 is 1.85 bits per heavy atom. The predicted molar refractivity (Wildman–Crippen MR) is 127 cm³/mol. The number of para-hydroxylation sites is 2. The average Bonchev–Trinajstić information content (AvgIpc) is 3.23. The first-order valence-electron chi connectivity index (χ1n) is 10.4. The number of benzene rings is 2. The van der Waals surface area contributed by atoms with Crippen LogP contribution in [0.15, 0.2) is 78.0 Å². The van der Waals surface area contributed by atoms with Gasteiger partial charge in [-0.05, 0) is 55.8 Å². The van der Waals surface area contributed by atoms with Gasteiger partial charge in [0.25, 0.3) is 15.9 Å². The van der Waals surface area contributed by atoms with Gasteiger partial charge in [0.2, 0.25) is 0 Å². The highest BCUT2D eigenvalue weighted by atomic mass is 32.2. The molecule has 4 rings (SSSR count). The number of sulfonamides is 1. The zero-order chi connectivity index (χ0) is 23.4. The molecule has 0 radical (unpaired) electrons. The first-order chi connectivity index (χ1) is 15.8. The SMILES string of the molecule is CC(C)Oc1ccccc1NS(=O)(=O)c1ccc(CNC(=O)c2cc3cnccc3[nH]2)cc1. The van der Waals surface area contributed by atoms with Gasteiger partial charge in [-0.3, -0.25) is 14.5 Å². The molecule has 2 aromatic heterocycles. The maximum atomic E-state index is 12.8. The molecule has 2 heterocycles. The number of rotatable bonds is 8. The van der Waals surface area contributed by atoms with Crippen LogP contribution >= 0.6 is 0 Å². The molecule has 8 nitrogen and oxygen atoms in total. The number of carbonyl (C=O) groups excluding carboxylic acids is 1. The van der Waals surface area contributed by atoms with Crippen molar-refractivity contribution in [1.29, 1.82) is 0 Å². The second-order valence-corrected chi connectivity index (χ2v) is 9.42. The molecule has 0 saturated heterocycles. The van der Waals surface area contributed by atoms with Crippen molar-refractivity contribution in [3.05, 3.63) is 84.3 Å². The molecule has 4 aromatic rings. The van der Waals surface area contributed by atoms with Crippen molar-refractivity contribution in [3.8, 4) is 5.75 Å². The molecular formula is C24H24N4O4S. The number of pyridine rings is 1. The Balaban J connectivity index is 1.42. The van der Waals surface area contributed by atoms with Gasteiger partial charge in [0.05, 0.1) is 16.7 Å². The molecule has 0 atom stereocenters. The molecule has 0 unspecified atom stereocenters. The number of H-pyrrole nitrogens is 1. The monoisotopic (exact) mass is 464 g/mol. The number of anilines is 1. The van der Waals surface area contributed by atoms with E-state index in [1.54, 1.807) is 60.9 Å². The normalized spacial score (nSPS) is 11.5. The minimum absolute atomic E-state index is 0.0915. The Bertz CT molecular complexity index is 1350. The van der Waals surface area contributed by atoms with E-state index in [4.69, 9.17) is 4.74 Å². The van der Waals surface area contributed by atoms with Gasteiger partial charge in [0.15, 0.2) is 0 Å². The van der Waals surface area contributed by atoms with E-state index in [1.807, 2.05) is 13.8 Å². The van der Waals surface area contributed by atoms with Gasteiger partial charge in [-0.2, -0.15) is 0 Å². The van der Waals surface area contributed by atoms with Gasteiger partial charge in [-0.15, -0.1) is 0 Å². The molecule has 0 aliphatic heterocycles. The number of ether oxygens (including phenoxy) is 1. The molecule has 0 spiro atoms. The van der Waals surface area contributed by atoms with E-state index in [-0.39, 0.29) is 23.5 Å². The summed E-state index contributed by atoms with van der Waals surface area (Å²) >= 11 is 0. The third-order valence-electron chi connectivity index (χ3n) is 4.85. The Labute approximate surface area is 192 Å². The Morgan fingerprint density at radius 1 is 1.09 bits per heavy atom. The zero-order valence-corrected chi connectivity index (χ0v) is 19.0. The molecule has 0 aliphatic rings. The van der Waals surface area contributed by atoms with Crippen LogP contribution in [0.25, 0.3) is 10.9 Å². The topological polar surface area (TPSA) is 113 Å². The van der Waals surface area contributed by atoms with E-state index in [1.165, 1.54) is 12.1 Å². The lowest BCUT2D eigenvalue weighted by atomic mass is 10.2. The second-order valence-electron chi connectivity index (χ2n) is 7.74. The lowest BCUT2D eigenvalue weighted by Gasteiger charge is -2.15. The molecule has 9 heteroatoms. The fourth-order valence-electron chi connectivity index (χ4n) is 3.27. The number of aromatic amines is 1. The number of hydrogen-bond donors (Lipinski definition) is 3. The standard InChI is InChI=1S/C24H24N4O4S/c1-16(2)32-23-6-4-3-5-21(23)28-33(30,31)19-9-7-17(8-10-19)14-26-24(29)22-13-18-15-25-12-11-20(18)27-22/h3-13,15-16,27-28H,14H2,1-2H3,(H,26,29). The summed E-state index contributed by atoms with van der Waals surface area (Å²) in [4.78, 5) is 19.6. The Morgan fingerprint density at radius 3 is 2.58 bits per heavy atom. The van der Waals surface area contributed by atoms with Crippen molar-refractivity contribution in [1.82, 2.24) is 15.3 Å². The van der Waals surface area contributed by atoms with Crippen LogP contribution in [0.3, 0.4) is 0 Å². The van der Waals surface area contributed by atoms with E-state index in [0.29, 0.717) is 17.1 Å². The average molecular weight is 465 g/mol. The van der Waals surface area contributed by atoms with E-state index in [0.717, 1.165) is 16.5 Å². The minimum atomic E-state index is -3.81. The number of amides is 1. The number of carbonyl (C=O) groups is 1. The van der Waals surface area contributed by atoms with Crippen molar-refractivity contribution in [3.63, 3.8) is 0 Å². The van der Waals surface area contributed by atoms with Crippen LogP contribution in [-0.2, 0) is 16.6 Å².